The summed E-state index contributed by atoms with van der Waals surface area (Å²) >= 11 is 0. The van der Waals surface area contributed by atoms with Crippen molar-refractivity contribution >= 4 is 0 Å². The molecule has 2 nitrogen and oxygen atoms in total. The Bertz CT molecular complexity index is 87.3. The minimum absolute atomic E-state index is 0.337. The monoisotopic (exact) mass is 146 g/mol. The number of aliphatic hydroxyl groups excluding tert-OH is 1. The third-order valence-electron chi connectivity index (χ3n) is 1.87. The van der Waals surface area contributed by atoms with Gasteiger partial charge in [-0.15, -0.1) is 0 Å². The Kier molecular flexibility index (Phi) is 3.91. The van der Waals surface area contributed by atoms with Crippen molar-refractivity contribution < 1.29 is 10.2 Å². The predicted octanol–water partition coefficient (Wildman–Crippen LogP) is 1.51. The topological polar surface area (TPSA) is 40.5 Å². The Balaban J connectivity index is 3.63. The fourth-order valence-electron chi connectivity index (χ4n) is 0.761. The fourth-order valence-corrected chi connectivity index (χ4v) is 0.761. The third kappa shape index (κ3) is 3.18. The van der Waals surface area contributed by atoms with Crippen LogP contribution in [0.25, 0.3) is 0 Å². The molecule has 2 heteroatoms. The van der Waals surface area contributed by atoms with Crippen molar-refractivity contribution in [2.75, 3.05) is 0 Å². The molecule has 0 aliphatic heterocycles. The molecule has 0 amide bonds. The molecule has 0 saturated carbocycles. The Morgan fingerprint density at radius 1 is 1.30 bits per heavy atom. The minimum Gasteiger partial charge on any atom is -0.368 e. The van der Waals surface area contributed by atoms with Crippen LogP contribution in [0.2, 0.25) is 0 Å². The minimum atomic E-state index is -1.18. The molecule has 0 aromatic heterocycles. The zero-order chi connectivity index (χ0) is 8.20. The second-order valence-corrected chi connectivity index (χ2v) is 3.47. The molecule has 0 aliphatic carbocycles. The van der Waals surface area contributed by atoms with Crippen LogP contribution in [0.15, 0.2) is 0 Å². The molecule has 0 aliphatic rings. The molecule has 2 N–H and O–H groups in total. The van der Waals surface area contributed by atoms with E-state index in [-0.39, 0.29) is 5.41 Å². The van der Waals surface area contributed by atoms with Crippen molar-refractivity contribution in [3.05, 3.63) is 0 Å². The molecule has 10 heavy (non-hydrogen) atoms. The molecule has 0 heterocycles. The van der Waals surface area contributed by atoms with Gasteiger partial charge in [0.1, 0.15) is 0 Å². The summed E-state index contributed by atoms with van der Waals surface area (Å²) < 4.78 is 0. The number of hydrogen-bond acceptors (Lipinski definition) is 2. The lowest BCUT2D eigenvalue weighted by atomic mass is 9.87. The van der Waals surface area contributed by atoms with E-state index in [1.807, 2.05) is 13.8 Å². The van der Waals surface area contributed by atoms with E-state index in [1.54, 1.807) is 0 Å². The maximum atomic E-state index is 8.86. The maximum absolute atomic E-state index is 8.86. The van der Waals surface area contributed by atoms with E-state index < -0.39 is 6.29 Å². The summed E-state index contributed by atoms with van der Waals surface area (Å²) in [6, 6.07) is 0. The Hall–Kier alpha value is -0.0800. The zero-order valence-corrected chi connectivity index (χ0v) is 7.09. The summed E-state index contributed by atoms with van der Waals surface area (Å²) in [4.78, 5) is 0. The molecular formula is C8H18O2. The Morgan fingerprint density at radius 3 is 2.10 bits per heavy atom. The van der Waals surface area contributed by atoms with E-state index in [4.69, 9.17) is 10.2 Å². The van der Waals surface area contributed by atoms with E-state index in [1.165, 1.54) is 0 Å². The van der Waals surface area contributed by atoms with Crippen LogP contribution in [0.4, 0.5) is 0 Å². The second kappa shape index (κ2) is 3.94. The third-order valence-corrected chi connectivity index (χ3v) is 1.87. The van der Waals surface area contributed by atoms with Crippen molar-refractivity contribution in [1.29, 1.82) is 0 Å². The van der Waals surface area contributed by atoms with Gasteiger partial charge < -0.3 is 10.2 Å². The Morgan fingerprint density at radius 2 is 1.80 bits per heavy atom. The zero-order valence-electron chi connectivity index (χ0n) is 7.09. The van der Waals surface area contributed by atoms with Crippen LogP contribution in [-0.4, -0.2) is 16.5 Å². The molecule has 0 aromatic carbocycles. The largest absolute Gasteiger partial charge is 0.368 e. The molecule has 0 bridgehead atoms. The summed E-state index contributed by atoms with van der Waals surface area (Å²) in [6.45, 7) is 5.83. The molecule has 0 fully saturated rings. The average molecular weight is 146 g/mol. The maximum Gasteiger partial charge on any atom is 0.156 e. The normalized spacial score (nSPS) is 12.6. The van der Waals surface area contributed by atoms with Crippen LogP contribution in [-0.2, 0) is 0 Å². The van der Waals surface area contributed by atoms with Crippen molar-refractivity contribution in [2.45, 2.75) is 46.3 Å². The number of aliphatic hydroxyl groups is 2. The summed E-state index contributed by atoms with van der Waals surface area (Å²) in [5, 5.41) is 17.7. The van der Waals surface area contributed by atoms with E-state index in [0.717, 1.165) is 19.3 Å². The number of hydrogen-bond donors (Lipinski definition) is 2. The highest BCUT2D eigenvalue weighted by atomic mass is 16.5. The lowest BCUT2D eigenvalue weighted by Gasteiger charge is -2.26. The van der Waals surface area contributed by atoms with Gasteiger partial charge in [0, 0.05) is 5.41 Å². The quantitative estimate of drug-likeness (QED) is 0.590. The van der Waals surface area contributed by atoms with Gasteiger partial charge >= 0.3 is 0 Å². The van der Waals surface area contributed by atoms with Crippen molar-refractivity contribution in [3.63, 3.8) is 0 Å². The first-order chi connectivity index (χ1) is 4.50. The van der Waals surface area contributed by atoms with E-state index in [2.05, 4.69) is 6.92 Å². The van der Waals surface area contributed by atoms with Crippen LogP contribution in [0.1, 0.15) is 40.0 Å². The van der Waals surface area contributed by atoms with Gasteiger partial charge in [0.15, 0.2) is 6.29 Å². The van der Waals surface area contributed by atoms with Crippen molar-refractivity contribution in [3.8, 4) is 0 Å². The second-order valence-electron chi connectivity index (χ2n) is 3.47. The first-order valence-corrected chi connectivity index (χ1v) is 3.87. The Labute approximate surface area is 62.9 Å². The molecule has 0 radical (unpaired) electrons. The molecule has 0 atom stereocenters. The van der Waals surface area contributed by atoms with Gasteiger partial charge in [0.25, 0.3) is 0 Å². The highest BCUT2D eigenvalue weighted by Gasteiger charge is 2.24. The van der Waals surface area contributed by atoms with Crippen molar-refractivity contribution in [2.24, 2.45) is 5.41 Å². The van der Waals surface area contributed by atoms with Crippen LogP contribution in [0.5, 0.6) is 0 Å². The first kappa shape index (κ1) is 9.92. The predicted molar refractivity (Wildman–Crippen MR) is 41.5 cm³/mol. The van der Waals surface area contributed by atoms with E-state index in [0.29, 0.717) is 0 Å². The van der Waals surface area contributed by atoms with E-state index in [9.17, 15) is 0 Å². The average Bonchev–Trinajstić information content (AvgIpc) is 1.84. The van der Waals surface area contributed by atoms with Gasteiger partial charge in [-0.1, -0.05) is 33.6 Å². The lowest BCUT2D eigenvalue weighted by Crippen LogP contribution is -2.28. The summed E-state index contributed by atoms with van der Waals surface area (Å²) in [7, 11) is 0. The lowest BCUT2D eigenvalue weighted by molar-refractivity contribution is -0.124. The highest BCUT2D eigenvalue weighted by molar-refractivity contribution is 4.69. The molecule has 0 aromatic rings. The summed E-state index contributed by atoms with van der Waals surface area (Å²) in [6.07, 6.45) is 1.86. The molecule has 0 unspecified atom stereocenters. The fraction of sp³-hybridized carbons (Fsp3) is 1.00. The molecule has 0 rings (SSSR count). The summed E-state index contributed by atoms with van der Waals surface area (Å²) in [5.74, 6) is 0. The van der Waals surface area contributed by atoms with Gasteiger partial charge in [0.05, 0.1) is 0 Å². The van der Waals surface area contributed by atoms with E-state index >= 15 is 0 Å². The molecule has 62 valence electrons. The SMILES string of the molecule is CCCCC(C)(C)C(O)O. The first-order valence-electron chi connectivity index (χ1n) is 3.87. The smallest absolute Gasteiger partial charge is 0.156 e. The van der Waals surface area contributed by atoms with Crippen LogP contribution in [0, 0.1) is 5.41 Å². The summed E-state index contributed by atoms with van der Waals surface area (Å²) in [5.41, 5.74) is -0.337. The number of unbranched alkanes of at least 4 members (excludes halogenated alkanes) is 1. The van der Waals surface area contributed by atoms with Gasteiger partial charge in [-0.05, 0) is 6.42 Å². The van der Waals surface area contributed by atoms with Crippen LogP contribution >= 0.6 is 0 Å². The van der Waals surface area contributed by atoms with Gasteiger partial charge in [-0.3, -0.25) is 0 Å². The van der Waals surface area contributed by atoms with Crippen LogP contribution < -0.4 is 0 Å². The molecule has 0 spiro atoms. The van der Waals surface area contributed by atoms with Gasteiger partial charge in [-0.2, -0.15) is 0 Å². The molecule has 0 saturated heterocycles. The highest BCUT2D eigenvalue weighted by Crippen LogP contribution is 2.25. The van der Waals surface area contributed by atoms with Crippen molar-refractivity contribution in [1.82, 2.24) is 0 Å². The molecular weight excluding hydrogens is 128 g/mol. The van der Waals surface area contributed by atoms with Gasteiger partial charge in [0.2, 0.25) is 0 Å². The number of rotatable bonds is 4. The van der Waals surface area contributed by atoms with Gasteiger partial charge in [-0.25, -0.2) is 0 Å². The van der Waals surface area contributed by atoms with Crippen LogP contribution in [0.3, 0.4) is 0 Å². The standard InChI is InChI=1S/C8H18O2/c1-4-5-6-8(2,3)7(9)10/h7,9-10H,4-6H2,1-3H3.